The molecule has 2 rings (SSSR count). The molecular formula is C17H16BrClN4O2. The topological polar surface area (TPSA) is 82.6 Å². The molecule has 0 aromatic heterocycles. The van der Waals surface area contributed by atoms with E-state index in [9.17, 15) is 9.59 Å². The van der Waals surface area contributed by atoms with E-state index in [1.54, 1.807) is 13.0 Å². The number of carbonyl (C=O) groups excluding carboxylic acids is 2. The summed E-state index contributed by atoms with van der Waals surface area (Å²) in [6, 6.07) is 12.9. The van der Waals surface area contributed by atoms with Gasteiger partial charge in [-0.05, 0) is 37.3 Å². The summed E-state index contributed by atoms with van der Waals surface area (Å²) in [5.74, 6) is -1.56. The molecule has 0 heterocycles. The predicted molar refractivity (Wildman–Crippen MR) is 103 cm³/mol. The number of nitrogens with zero attached hydrogens (tertiary/aromatic N) is 1. The van der Waals surface area contributed by atoms with Crippen LogP contribution in [0.25, 0.3) is 0 Å². The number of halogens is 2. The van der Waals surface area contributed by atoms with Crippen molar-refractivity contribution >= 4 is 56.9 Å². The Morgan fingerprint density at radius 3 is 2.64 bits per heavy atom. The zero-order valence-corrected chi connectivity index (χ0v) is 15.7. The Labute approximate surface area is 158 Å². The van der Waals surface area contributed by atoms with Crippen LogP contribution < -0.4 is 16.1 Å². The summed E-state index contributed by atoms with van der Waals surface area (Å²) in [4.78, 5) is 22.9. The minimum Gasteiger partial charge on any atom is -0.354 e. The number of nitrogens with one attached hydrogen (secondary N) is 3. The smallest absolute Gasteiger partial charge is 0.329 e. The first-order valence-corrected chi connectivity index (χ1v) is 8.60. The van der Waals surface area contributed by atoms with Crippen molar-refractivity contribution in [3.8, 4) is 0 Å². The predicted octanol–water partition coefficient (Wildman–Crippen LogP) is 3.43. The average Bonchev–Trinajstić information content (AvgIpc) is 2.59. The highest BCUT2D eigenvalue weighted by molar-refractivity contribution is 9.10. The third-order valence-corrected chi connectivity index (χ3v) is 3.89. The molecule has 3 N–H and O–H groups in total. The molecular weight excluding hydrogens is 408 g/mol. The molecule has 6 nitrogen and oxygen atoms in total. The molecule has 2 aromatic rings. The molecule has 0 unspecified atom stereocenters. The van der Waals surface area contributed by atoms with E-state index >= 15 is 0 Å². The number of anilines is 2. The number of amides is 2. The summed E-state index contributed by atoms with van der Waals surface area (Å²) in [7, 11) is 0. The van der Waals surface area contributed by atoms with Crippen molar-refractivity contribution in [2.75, 3.05) is 11.9 Å². The monoisotopic (exact) mass is 422 g/mol. The van der Waals surface area contributed by atoms with Crippen LogP contribution in [0, 0.1) is 0 Å². The van der Waals surface area contributed by atoms with E-state index in [0.29, 0.717) is 17.1 Å². The Kier molecular flexibility index (Phi) is 6.97. The third-order valence-electron chi connectivity index (χ3n) is 3.07. The molecule has 25 heavy (non-hydrogen) atoms. The van der Waals surface area contributed by atoms with Gasteiger partial charge in [0, 0.05) is 22.3 Å². The molecule has 130 valence electrons. The van der Waals surface area contributed by atoms with E-state index < -0.39 is 11.8 Å². The molecule has 0 saturated heterocycles. The maximum Gasteiger partial charge on any atom is 0.329 e. The highest BCUT2D eigenvalue weighted by Gasteiger charge is 2.10. The van der Waals surface area contributed by atoms with Gasteiger partial charge in [-0.25, -0.2) is 5.43 Å². The number of benzene rings is 2. The van der Waals surface area contributed by atoms with Gasteiger partial charge >= 0.3 is 11.8 Å². The first kappa shape index (κ1) is 19.0. The lowest BCUT2D eigenvalue weighted by Crippen LogP contribution is -2.37. The van der Waals surface area contributed by atoms with E-state index in [2.05, 4.69) is 37.1 Å². The zero-order chi connectivity index (χ0) is 18.2. The van der Waals surface area contributed by atoms with Gasteiger partial charge in [0.15, 0.2) is 0 Å². The minimum atomic E-state index is -0.825. The van der Waals surface area contributed by atoms with Crippen LogP contribution in [0.15, 0.2) is 52.0 Å². The van der Waals surface area contributed by atoms with Gasteiger partial charge in [-0.3, -0.25) is 9.59 Å². The molecule has 0 aliphatic rings. The molecule has 0 bridgehead atoms. The molecule has 2 aromatic carbocycles. The quantitative estimate of drug-likeness (QED) is 0.391. The fraction of sp³-hybridized carbons (Fsp3) is 0.118. The van der Waals surface area contributed by atoms with Gasteiger partial charge in [-0.15, -0.1) is 0 Å². The van der Waals surface area contributed by atoms with Crippen LogP contribution in [0.3, 0.4) is 0 Å². The van der Waals surface area contributed by atoms with Crippen LogP contribution in [0.5, 0.6) is 0 Å². The summed E-state index contributed by atoms with van der Waals surface area (Å²) in [6.07, 6.45) is 1.45. The van der Waals surface area contributed by atoms with Gasteiger partial charge in [-0.2, -0.15) is 5.10 Å². The van der Waals surface area contributed by atoms with Crippen molar-refractivity contribution in [2.45, 2.75) is 6.92 Å². The van der Waals surface area contributed by atoms with Crippen molar-refractivity contribution in [2.24, 2.45) is 5.10 Å². The van der Waals surface area contributed by atoms with Crippen LogP contribution in [0.2, 0.25) is 5.02 Å². The number of likely N-dealkylation sites (N-methyl/N-ethyl adjacent to an activating group) is 1. The van der Waals surface area contributed by atoms with Crippen LogP contribution >= 0.6 is 27.5 Å². The lowest BCUT2D eigenvalue weighted by molar-refractivity contribution is -0.139. The van der Waals surface area contributed by atoms with Crippen molar-refractivity contribution in [3.05, 3.63) is 57.5 Å². The number of para-hydroxylation sites is 1. The summed E-state index contributed by atoms with van der Waals surface area (Å²) >= 11 is 9.56. The maximum atomic E-state index is 11.5. The fourth-order valence-corrected chi connectivity index (χ4v) is 2.48. The lowest BCUT2D eigenvalue weighted by atomic mass is 10.2. The van der Waals surface area contributed by atoms with Gasteiger partial charge in [0.2, 0.25) is 0 Å². The first-order chi connectivity index (χ1) is 12.0. The van der Waals surface area contributed by atoms with Crippen molar-refractivity contribution in [1.29, 1.82) is 0 Å². The SMILES string of the molecule is CCNC(=O)C(=O)N/N=C\c1cc(Br)ccc1Nc1ccccc1Cl. The summed E-state index contributed by atoms with van der Waals surface area (Å²) in [5, 5.41) is 10.0. The number of rotatable bonds is 5. The van der Waals surface area contributed by atoms with Gasteiger partial charge in [0.1, 0.15) is 0 Å². The summed E-state index contributed by atoms with van der Waals surface area (Å²) < 4.78 is 0.841. The van der Waals surface area contributed by atoms with Gasteiger partial charge in [-0.1, -0.05) is 39.7 Å². The maximum absolute atomic E-state index is 11.5. The van der Waals surface area contributed by atoms with Gasteiger partial charge in [0.25, 0.3) is 0 Å². The molecule has 2 amide bonds. The second-order valence-electron chi connectivity index (χ2n) is 4.89. The summed E-state index contributed by atoms with van der Waals surface area (Å²) in [5.41, 5.74) is 4.37. The van der Waals surface area contributed by atoms with Crippen LogP contribution in [0.1, 0.15) is 12.5 Å². The number of hydrazone groups is 1. The fourth-order valence-electron chi connectivity index (χ4n) is 1.91. The van der Waals surface area contributed by atoms with Crippen LogP contribution in [-0.2, 0) is 9.59 Å². The van der Waals surface area contributed by atoms with Gasteiger partial charge < -0.3 is 10.6 Å². The van der Waals surface area contributed by atoms with Crippen LogP contribution in [0.4, 0.5) is 11.4 Å². The van der Waals surface area contributed by atoms with E-state index in [1.165, 1.54) is 6.21 Å². The summed E-state index contributed by atoms with van der Waals surface area (Å²) in [6.45, 7) is 2.09. The minimum absolute atomic E-state index is 0.369. The Bertz CT molecular complexity index is 811. The molecule has 8 heteroatoms. The molecule has 0 atom stereocenters. The van der Waals surface area contributed by atoms with E-state index in [0.717, 1.165) is 15.8 Å². The van der Waals surface area contributed by atoms with Crippen molar-refractivity contribution < 1.29 is 9.59 Å². The standard InChI is InChI=1S/C17H16BrClN4O2/c1-2-20-16(24)17(25)23-21-10-11-9-12(18)7-8-14(11)22-15-6-4-3-5-13(15)19/h3-10,22H,2H2,1H3,(H,20,24)(H,23,25)/b21-10-. The largest absolute Gasteiger partial charge is 0.354 e. The van der Waals surface area contributed by atoms with E-state index in [1.807, 2.05) is 36.4 Å². The Morgan fingerprint density at radius 2 is 1.92 bits per heavy atom. The molecule has 0 aliphatic carbocycles. The second kappa shape index (κ2) is 9.19. The molecule has 0 radical (unpaired) electrons. The van der Waals surface area contributed by atoms with Crippen molar-refractivity contribution in [1.82, 2.24) is 10.7 Å². The number of carbonyl (C=O) groups is 2. The van der Waals surface area contributed by atoms with Crippen LogP contribution in [-0.4, -0.2) is 24.6 Å². The number of hydrogen-bond donors (Lipinski definition) is 3. The molecule has 0 aliphatic heterocycles. The number of hydrogen-bond acceptors (Lipinski definition) is 4. The zero-order valence-electron chi connectivity index (χ0n) is 13.3. The normalized spacial score (nSPS) is 10.5. The molecule has 0 spiro atoms. The first-order valence-electron chi connectivity index (χ1n) is 7.43. The Balaban J connectivity index is 2.16. The van der Waals surface area contributed by atoms with E-state index in [-0.39, 0.29) is 0 Å². The highest BCUT2D eigenvalue weighted by atomic mass is 79.9. The van der Waals surface area contributed by atoms with Crippen molar-refractivity contribution in [3.63, 3.8) is 0 Å². The molecule has 0 fully saturated rings. The Morgan fingerprint density at radius 1 is 1.16 bits per heavy atom. The third kappa shape index (κ3) is 5.58. The van der Waals surface area contributed by atoms with E-state index in [4.69, 9.17) is 11.6 Å². The second-order valence-corrected chi connectivity index (χ2v) is 6.22. The molecule has 0 saturated carbocycles. The highest BCUT2D eigenvalue weighted by Crippen LogP contribution is 2.27. The average molecular weight is 424 g/mol. The van der Waals surface area contributed by atoms with Gasteiger partial charge in [0.05, 0.1) is 16.9 Å². The lowest BCUT2D eigenvalue weighted by Gasteiger charge is -2.11. The Hall–Kier alpha value is -2.38.